The van der Waals surface area contributed by atoms with E-state index in [0.717, 1.165) is 6.07 Å². The van der Waals surface area contributed by atoms with Gasteiger partial charge in [0, 0.05) is 5.02 Å². The first kappa shape index (κ1) is 16.9. The van der Waals surface area contributed by atoms with E-state index in [9.17, 15) is 9.18 Å². The van der Waals surface area contributed by atoms with Crippen LogP contribution >= 0.6 is 11.6 Å². The minimum Gasteiger partial charge on any atom is -0.493 e. The molecule has 2 rings (SSSR count). The summed E-state index contributed by atoms with van der Waals surface area (Å²) in [5.41, 5.74) is 0.0231. The summed E-state index contributed by atoms with van der Waals surface area (Å²) in [6.45, 7) is -0.335. The molecule has 0 spiro atoms. The minimum atomic E-state index is -0.624. The van der Waals surface area contributed by atoms with Crippen LogP contribution in [0.15, 0.2) is 36.4 Å². The van der Waals surface area contributed by atoms with Crippen molar-refractivity contribution in [2.75, 3.05) is 26.1 Å². The number of carbonyl (C=O) groups is 1. The lowest BCUT2D eigenvalue weighted by Crippen LogP contribution is -2.21. The molecule has 0 saturated heterocycles. The van der Waals surface area contributed by atoms with Gasteiger partial charge in [0.25, 0.3) is 5.91 Å². The molecule has 7 heteroatoms. The Morgan fingerprint density at radius 3 is 2.39 bits per heavy atom. The molecule has 0 bridgehead atoms. The maximum atomic E-state index is 13.6. The number of anilines is 1. The Labute approximate surface area is 137 Å². The van der Waals surface area contributed by atoms with Crippen LogP contribution in [0.4, 0.5) is 10.1 Å². The van der Waals surface area contributed by atoms with E-state index in [1.807, 2.05) is 0 Å². The van der Waals surface area contributed by atoms with Gasteiger partial charge < -0.3 is 19.5 Å². The van der Waals surface area contributed by atoms with Crippen molar-refractivity contribution < 1.29 is 23.4 Å². The summed E-state index contributed by atoms with van der Waals surface area (Å²) >= 11 is 5.66. The van der Waals surface area contributed by atoms with E-state index in [0.29, 0.717) is 17.2 Å². The molecule has 23 heavy (non-hydrogen) atoms. The average Bonchev–Trinajstić information content (AvgIpc) is 2.55. The van der Waals surface area contributed by atoms with Gasteiger partial charge in [-0.25, -0.2) is 4.39 Å². The van der Waals surface area contributed by atoms with Crippen LogP contribution in [-0.4, -0.2) is 26.7 Å². The van der Waals surface area contributed by atoms with Crippen LogP contribution in [0.5, 0.6) is 17.2 Å². The normalized spacial score (nSPS) is 10.1. The molecule has 2 aromatic rings. The third kappa shape index (κ3) is 4.26. The molecular formula is C16H15ClFNO4. The fourth-order valence-electron chi connectivity index (χ4n) is 1.87. The fourth-order valence-corrected chi connectivity index (χ4v) is 2.03. The molecule has 5 nitrogen and oxygen atoms in total. The topological polar surface area (TPSA) is 56.8 Å². The molecule has 1 amide bonds. The molecule has 0 aliphatic rings. The van der Waals surface area contributed by atoms with Gasteiger partial charge in [0.15, 0.2) is 18.1 Å². The zero-order chi connectivity index (χ0) is 16.8. The van der Waals surface area contributed by atoms with Crippen molar-refractivity contribution in [1.29, 1.82) is 0 Å². The largest absolute Gasteiger partial charge is 0.493 e. The second-order valence-corrected chi connectivity index (χ2v) is 4.89. The summed E-state index contributed by atoms with van der Waals surface area (Å²) in [6.07, 6.45) is 0. The summed E-state index contributed by atoms with van der Waals surface area (Å²) in [5, 5.41) is 2.65. The number of methoxy groups -OCH3 is 2. The van der Waals surface area contributed by atoms with Gasteiger partial charge in [-0.05, 0) is 30.3 Å². The van der Waals surface area contributed by atoms with Gasteiger partial charge in [-0.2, -0.15) is 0 Å². The van der Waals surface area contributed by atoms with Gasteiger partial charge in [-0.15, -0.1) is 0 Å². The molecule has 0 aliphatic heterocycles. The number of hydrogen-bond donors (Lipinski definition) is 1. The molecule has 0 radical (unpaired) electrons. The first-order valence-electron chi connectivity index (χ1n) is 6.64. The standard InChI is InChI=1S/C16H15ClFNO4/c1-21-13-4-3-5-14(22-2)16(13)23-9-15(20)19-12-7-6-10(17)8-11(12)18/h3-8H,9H2,1-2H3,(H,19,20). The quantitative estimate of drug-likeness (QED) is 0.875. The van der Waals surface area contributed by atoms with Gasteiger partial charge in [0.1, 0.15) is 5.82 Å². The first-order chi connectivity index (χ1) is 11.0. The van der Waals surface area contributed by atoms with E-state index in [2.05, 4.69) is 5.32 Å². The van der Waals surface area contributed by atoms with Crippen LogP contribution in [-0.2, 0) is 4.79 Å². The van der Waals surface area contributed by atoms with Gasteiger partial charge in [0.05, 0.1) is 19.9 Å². The van der Waals surface area contributed by atoms with E-state index < -0.39 is 11.7 Å². The van der Waals surface area contributed by atoms with Crippen molar-refractivity contribution in [3.63, 3.8) is 0 Å². The SMILES string of the molecule is COc1cccc(OC)c1OCC(=O)Nc1ccc(Cl)cc1F. The van der Waals surface area contributed by atoms with Crippen molar-refractivity contribution in [3.8, 4) is 17.2 Å². The molecule has 0 fully saturated rings. The molecule has 2 aromatic carbocycles. The summed E-state index contributed by atoms with van der Waals surface area (Å²) in [6, 6.07) is 9.04. The monoisotopic (exact) mass is 339 g/mol. The lowest BCUT2D eigenvalue weighted by molar-refractivity contribution is -0.118. The average molecular weight is 340 g/mol. The molecule has 0 unspecified atom stereocenters. The second-order valence-electron chi connectivity index (χ2n) is 4.45. The Bertz CT molecular complexity index is 686. The highest BCUT2D eigenvalue weighted by Gasteiger charge is 2.14. The van der Waals surface area contributed by atoms with Crippen LogP contribution in [0.3, 0.4) is 0 Å². The zero-order valence-corrected chi connectivity index (χ0v) is 13.3. The van der Waals surface area contributed by atoms with E-state index in [1.165, 1.54) is 26.4 Å². The van der Waals surface area contributed by atoms with E-state index in [4.69, 9.17) is 25.8 Å². The number of hydrogen-bond acceptors (Lipinski definition) is 4. The number of rotatable bonds is 6. The van der Waals surface area contributed by atoms with Crippen molar-refractivity contribution in [2.45, 2.75) is 0 Å². The predicted octanol–water partition coefficient (Wildman–Crippen LogP) is 3.51. The van der Waals surface area contributed by atoms with Crippen LogP contribution in [0.25, 0.3) is 0 Å². The Morgan fingerprint density at radius 2 is 1.83 bits per heavy atom. The highest BCUT2D eigenvalue weighted by atomic mass is 35.5. The molecule has 0 aliphatic carbocycles. The van der Waals surface area contributed by atoms with Gasteiger partial charge in [-0.3, -0.25) is 4.79 Å². The number of para-hydroxylation sites is 1. The Morgan fingerprint density at radius 1 is 1.17 bits per heavy atom. The van der Waals surface area contributed by atoms with Crippen molar-refractivity contribution in [2.24, 2.45) is 0 Å². The summed E-state index contributed by atoms with van der Waals surface area (Å²) < 4.78 is 29.4. The predicted molar refractivity (Wildman–Crippen MR) is 85.1 cm³/mol. The Kier molecular flexibility index (Phi) is 5.65. The molecule has 1 N–H and O–H groups in total. The Balaban J connectivity index is 2.05. The maximum Gasteiger partial charge on any atom is 0.262 e. The molecule has 0 saturated carbocycles. The van der Waals surface area contributed by atoms with E-state index in [1.54, 1.807) is 18.2 Å². The highest BCUT2D eigenvalue weighted by molar-refractivity contribution is 6.30. The van der Waals surface area contributed by atoms with Crippen molar-refractivity contribution >= 4 is 23.2 Å². The van der Waals surface area contributed by atoms with Crippen LogP contribution in [0.2, 0.25) is 5.02 Å². The molecular weight excluding hydrogens is 325 g/mol. The van der Waals surface area contributed by atoms with Gasteiger partial charge in [-0.1, -0.05) is 17.7 Å². The lowest BCUT2D eigenvalue weighted by atomic mass is 10.3. The molecule has 0 heterocycles. The molecule has 0 aromatic heterocycles. The molecule has 0 atom stereocenters. The Hall–Kier alpha value is -2.47. The van der Waals surface area contributed by atoms with Gasteiger partial charge in [0.2, 0.25) is 5.75 Å². The number of carbonyl (C=O) groups excluding carboxylic acids is 1. The van der Waals surface area contributed by atoms with Crippen LogP contribution in [0, 0.1) is 5.82 Å². The van der Waals surface area contributed by atoms with Crippen LogP contribution < -0.4 is 19.5 Å². The van der Waals surface area contributed by atoms with Gasteiger partial charge >= 0.3 is 0 Å². The van der Waals surface area contributed by atoms with E-state index in [-0.39, 0.29) is 17.3 Å². The lowest BCUT2D eigenvalue weighted by Gasteiger charge is -2.14. The van der Waals surface area contributed by atoms with Crippen molar-refractivity contribution in [1.82, 2.24) is 0 Å². The number of ether oxygens (including phenoxy) is 3. The maximum absolute atomic E-state index is 13.6. The summed E-state index contributed by atoms with van der Waals surface area (Å²) in [4.78, 5) is 11.9. The third-order valence-corrected chi connectivity index (χ3v) is 3.17. The second kappa shape index (κ2) is 7.69. The molecule has 122 valence electrons. The third-order valence-electron chi connectivity index (χ3n) is 2.94. The smallest absolute Gasteiger partial charge is 0.262 e. The zero-order valence-electron chi connectivity index (χ0n) is 12.6. The minimum absolute atomic E-state index is 0.0231. The van der Waals surface area contributed by atoms with Crippen LogP contribution in [0.1, 0.15) is 0 Å². The van der Waals surface area contributed by atoms with Crippen molar-refractivity contribution in [3.05, 3.63) is 47.2 Å². The van der Waals surface area contributed by atoms with E-state index >= 15 is 0 Å². The number of halogens is 2. The fraction of sp³-hybridized carbons (Fsp3) is 0.188. The first-order valence-corrected chi connectivity index (χ1v) is 7.01. The number of nitrogens with one attached hydrogen (secondary N) is 1. The number of amides is 1. The highest BCUT2D eigenvalue weighted by Crippen LogP contribution is 2.36. The summed E-state index contributed by atoms with van der Waals surface area (Å²) in [5.74, 6) is -0.00576. The summed E-state index contributed by atoms with van der Waals surface area (Å²) in [7, 11) is 2.95. The number of benzene rings is 2.